The number of rotatable bonds is 1. The number of hydrogen-bond donors (Lipinski definition) is 0. The summed E-state index contributed by atoms with van der Waals surface area (Å²) in [6, 6.07) is 10.2. The first-order valence-electron chi connectivity index (χ1n) is 7.11. The van der Waals surface area contributed by atoms with Crippen LogP contribution in [0.3, 0.4) is 0 Å². The van der Waals surface area contributed by atoms with Gasteiger partial charge in [-0.15, -0.1) is 0 Å². The number of carbonyl (C=O) groups is 1. The summed E-state index contributed by atoms with van der Waals surface area (Å²) < 4.78 is 2.02. The van der Waals surface area contributed by atoms with Gasteiger partial charge in [-0.3, -0.25) is 4.79 Å². The first kappa shape index (κ1) is 12.3. The van der Waals surface area contributed by atoms with Gasteiger partial charge in [0.1, 0.15) is 5.69 Å². The first-order chi connectivity index (χ1) is 9.27. The summed E-state index contributed by atoms with van der Waals surface area (Å²) in [5.41, 5.74) is 1.93. The van der Waals surface area contributed by atoms with E-state index in [-0.39, 0.29) is 5.91 Å². The van der Waals surface area contributed by atoms with Gasteiger partial charge < -0.3 is 9.47 Å². The average molecular weight is 256 g/mol. The predicted molar refractivity (Wildman–Crippen MR) is 77.3 cm³/mol. The molecule has 0 unspecified atom stereocenters. The Morgan fingerprint density at radius 2 is 1.74 bits per heavy atom. The zero-order valence-corrected chi connectivity index (χ0v) is 11.4. The van der Waals surface area contributed by atoms with Crippen LogP contribution in [-0.4, -0.2) is 28.5 Å². The zero-order chi connectivity index (χ0) is 13.2. The van der Waals surface area contributed by atoms with E-state index in [9.17, 15) is 4.79 Å². The van der Waals surface area contributed by atoms with E-state index in [1.54, 1.807) is 0 Å². The minimum Gasteiger partial charge on any atom is -0.340 e. The molecule has 1 fully saturated rings. The Morgan fingerprint density at radius 1 is 1.05 bits per heavy atom. The summed E-state index contributed by atoms with van der Waals surface area (Å²) in [7, 11) is 1.98. The van der Waals surface area contributed by atoms with E-state index < -0.39 is 0 Å². The van der Waals surface area contributed by atoms with Crippen LogP contribution in [-0.2, 0) is 7.05 Å². The Morgan fingerprint density at radius 3 is 2.42 bits per heavy atom. The van der Waals surface area contributed by atoms with Crippen molar-refractivity contribution < 1.29 is 4.79 Å². The van der Waals surface area contributed by atoms with Gasteiger partial charge in [0.2, 0.25) is 0 Å². The number of aromatic nitrogens is 1. The highest BCUT2D eigenvalue weighted by atomic mass is 16.2. The molecular weight excluding hydrogens is 236 g/mol. The topological polar surface area (TPSA) is 25.2 Å². The Bertz CT molecular complexity index is 592. The van der Waals surface area contributed by atoms with Crippen LogP contribution in [0.4, 0.5) is 0 Å². The third-order valence-electron chi connectivity index (χ3n) is 4.06. The lowest BCUT2D eigenvalue weighted by atomic mass is 10.2. The number of amides is 1. The van der Waals surface area contributed by atoms with Crippen molar-refractivity contribution in [3.05, 3.63) is 36.0 Å². The molecule has 1 saturated heterocycles. The summed E-state index contributed by atoms with van der Waals surface area (Å²) in [6.45, 7) is 1.81. The standard InChI is InChI=1S/C16H20N2O/c1-17-14-9-5-4-8-13(14)12-15(17)16(19)18-10-6-2-3-7-11-18/h4-5,8-9,12H,2-3,6-7,10-11H2,1H3. The minimum absolute atomic E-state index is 0.181. The third kappa shape index (κ3) is 2.25. The molecule has 100 valence electrons. The molecule has 3 nitrogen and oxygen atoms in total. The van der Waals surface area contributed by atoms with Crippen LogP contribution < -0.4 is 0 Å². The van der Waals surface area contributed by atoms with Crippen LogP contribution in [0.2, 0.25) is 0 Å². The van der Waals surface area contributed by atoms with E-state index in [4.69, 9.17) is 0 Å². The van der Waals surface area contributed by atoms with Gasteiger partial charge in [0.25, 0.3) is 5.91 Å². The van der Waals surface area contributed by atoms with Crippen molar-refractivity contribution in [1.82, 2.24) is 9.47 Å². The summed E-state index contributed by atoms with van der Waals surface area (Å²) in [6.07, 6.45) is 4.77. The van der Waals surface area contributed by atoms with Crippen molar-refractivity contribution in [2.45, 2.75) is 25.7 Å². The molecule has 0 atom stereocenters. The molecule has 1 amide bonds. The molecule has 0 radical (unpaired) electrons. The third-order valence-corrected chi connectivity index (χ3v) is 4.06. The van der Waals surface area contributed by atoms with Crippen molar-refractivity contribution in [2.24, 2.45) is 7.05 Å². The molecule has 0 spiro atoms. The van der Waals surface area contributed by atoms with E-state index in [0.717, 1.165) is 42.5 Å². The number of hydrogen-bond acceptors (Lipinski definition) is 1. The molecule has 0 saturated carbocycles. The van der Waals surface area contributed by atoms with Crippen LogP contribution >= 0.6 is 0 Å². The molecule has 0 N–H and O–H groups in total. The fourth-order valence-corrected chi connectivity index (χ4v) is 2.93. The summed E-state index contributed by atoms with van der Waals surface area (Å²) in [4.78, 5) is 14.7. The van der Waals surface area contributed by atoms with Crippen LogP contribution in [0.15, 0.2) is 30.3 Å². The highest BCUT2D eigenvalue weighted by molar-refractivity contribution is 5.98. The number of para-hydroxylation sites is 1. The fraction of sp³-hybridized carbons (Fsp3) is 0.438. The Balaban J connectivity index is 1.94. The Hall–Kier alpha value is -1.77. The van der Waals surface area contributed by atoms with E-state index >= 15 is 0 Å². The van der Waals surface area contributed by atoms with Gasteiger partial charge in [0.05, 0.1) is 0 Å². The normalized spacial score (nSPS) is 16.6. The van der Waals surface area contributed by atoms with Crippen LogP contribution in [0, 0.1) is 0 Å². The van der Waals surface area contributed by atoms with Crippen molar-refractivity contribution in [1.29, 1.82) is 0 Å². The highest BCUT2D eigenvalue weighted by Crippen LogP contribution is 2.20. The predicted octanol–water partition coefficient (Wildman–Crippen LogP) is 3.19. The molecule has 19 heavy (non-hydrogen) atoms. The van der Waals surface area contributed by atoms with Crippen LogP contribution in [0.25, 0.3) is 10.9 Å². The van der Waals surface area contributed by atoms with Gasteiger partial charge in [-0.05, 0) is 25.0 Å². The second kappa shape index (κ2) is 5.08. The maximum Gasteiger partial charge on any atom is 0.270 e. The highest BCUT2D eigenvalue weighted by Gasteiger charge is 2.20. The largest absolute Gasteiger partial charge is 0.340 e. The van der Waals surface area contributed by atoms with Gasteiger partial charge in [0, 0.05) is 31.0 Å². The molecule has 2 heterocycles. The molecule has 3 rings (SSSR count). The summed E-state index contributed by atoms with van der Waals surface area (Å²) >= 11 is 0. The van der Waals surface area contributed by atoms with Crippen LogP contribution in [0.1, 0.15) is 36.2 Å². The van der Waals surface area contributed by atoms with Crippen molar-refractivity contribution in [3.63, 3.8) is 0 Å². The number of aryl methyl sites for hydroxylation is 1. The molecule has 0 bridgehead atoms. The number of carbonyl (C=O) groups excluding carboxylic acids is 1. The van der Waals surface area contributed by atoms with Gasteiger partial charge >= 0.3 is 0 Å². The quantitative estimate of drug-likeness (QED) is 0.769. The smallest absolute Gasteiger partial charge is 0.270 e. The van der Waals surface area contributed by atoms with E-state index in [1.165, 1.54) is 12.8 Å². The Labute approximate surface area is 113 Å². The molecule has 1 aliphatic heterocycles. The van der Waals surface area contributed by atoms with Gasteiger partial charge in [-0.25, -0.2) is 0 Å². The number of nitrogens with zero attached hydrogens (tertiary/aromatic N) is 2. The lowest BCUT2D eigenvalue weighted by Crippen LogP contribution is -2.33. The fourth-order valence-electron chi connectivity index (χ4n) is 2.93. The molecule has 1 aromatic carbocycles. The van der Waals surface area contributed by atoms with E-state index in [2.05, 4.69) is 12.1 Å². The number of likely N-dealkylation sites (tertiary alicyclic amines) is 1. The maximum atomic E-state index is 12.6. The minimum atomic E-state index is 0.181. The van der Waals surface area contributed by atoms with Gasteiger partial charge in [0.15, 0.2) is 0 Å². The molecule has 0 aliphatic carbocycles. The van der Waals surface area contributed by atoms with Crippen molar-refractivity contribution in [3.8, 4) is 0 Å². The number of fused-ring (bicyclic) bond motifs is 1. The number of benzene rings is 1. The van der Waals surface area contributed by atoms with Crippen LogP contribution in [0.5, 0.6) is 0 Å². The van der Waals surface area contributed by atoms with Gasteiger partial charge in [-0.2, -0.15) is 0 Å². The molecule has 1 aromatic heterocycles. The molecular formula is C16H20N2O. The molecule has 2 aromatic rings. The average Bonchev–Trinajstić information content (AvgIpc) is 2.64. The molecule has 1 aliphatic rings. The first-order valence-corrected chi connectivity index (χ1v) is 7.11. The van der Waals surface area contributed by atoms with E-state index in [0.29, 0.717) is 0 Å². The van der Waals surface area contributed by atoms with Crippen molar-refractivity contribution >= 4 is 16.8 Å². The summed E-state index contributed by atoms with van der Waals surface area (Å²) in [5.74, 6) is 0.181. The van der Waals surface area contributed by atoms with Crippen molar-refractivity contribution in [2.75, 3.05) is 13.1 Å². The lowest BCUT2D eigenvalue weighted by Gasteiger charge is -2.20. The maximum absolute atomic E-state index is 12.6. The van der Waals surface area contributed by atoms with E-state index in [1.807, 2.05) is 34.7 Å². The monoisotopic (exact) mass is 256 g/mol. The lowest BCUT2D eigenvalue weighted by molar-refractivity contribution is 0.0752. The SMILES string of the molecule is Cn1c(C(=O)N2CCCCCC2)cc2ccccc21. The van der Waals surface area contributed by atoms with Gasteiger partial charge in [-0.1, -0.05) is 31.0 Å². The zero-order valence-electron chi connectivity index (χ0n) is 11.4. The second-order valence-corrected chi connectivity index (χ2v) is 5.35. The second-order valence-electron chi connectivity index (χ2n) is 5.35. The molecule has 3 heteroatoms. The summed E-state index contributed by atoms with van der Waals surface area (Å²) in [5, 5.41) is 1.14. The Kier molecular flexibility index (Phi) is 3.28.